The normalized spacial score (nSPS) is 11.0. The number of rotatable bonds is 9. The first-order chi connectivity index (χ1) is 9.13. The molecule has 0 unspecified atom stereocenters. The Hall–Kier alpha value is -0.770. The van der Waals surface area contributed by atoms with E-state index < -0.39 is 0 Å². The van der Waals surface area contributed by atoms with Crippen LogP contribution in [0.1, 0.15) is 26.3 Å². The maximum atomic E-state index is 6.19. The molecule has 1 aromatic carbocycles. The molecular formula is C15H24ClNO2. The fourth-order valence-corrected chi connectivity index (χ4v) is 1.89. The van der Waals surface area contributed by atoms with E-state index >= 15 is 0 Å². The highest BCUT2D eigenvalue weighted by molar-refractivity contribution is 6.32. The summed E-state index contributed by atoms with van der Waals surface area (Å²) in [7, 11) is 0. The number of nitrogens with one attached hydrogen (secondary N) is 1. The Bertz CT molecular complexity index is 369. The largest absolute Gasteiger partial charge is 0.490 e. The summed E-state index contributed by atoms with van der Waals surface area (Å²) in [6.07, 6.45) is 0. The van der Waals surface area contributed by atoms with Crippen molar-refractivity contribution in [2.24, 2.45) is 5.92 Å². The smallest absolute Gasteiger partial charge is 0.138 e. The first-order valence-electron chi connectivity index (χ1n) is 6.83. The van der Waals surface area contributed by atoms with Gasteiger partial charge in [0.15, 0.2) is 0 Å². The van der Waals surface area contributed by atoms with Crippen molar-refractivity contribution >= 4 is 11.6 Å². The van der Waals surface area contributed by atoms with Crippen molar-refractivity contribution in [1.29, 1.82) is 0 Å². The molecule has 0 bridgehead atoms. The van der Waals surface area contributed by atoms with Gasteiger partial charge in [-0.15, -0.1) is 0 Å². The van der Waals surface area contributed by atoms with E-state index in [0.717, 1.165) is 13.1 Å². The SMILES string of the molecule is CCOCCOc1ccc(CNCC(C)C)cc1Cl. The van der Waals surface area contributed by atoms with Crippen LogP contribution in [0.25, 0.3) is 0 Å². The number of hydrogen-bond donors (Lipinski definition) is 1. The topological polar surface area (TPSA) is 30.5 Å². The van der Waals surface area contributed by atoms with Gasteiger partial charge in [-0.25, -0.2) is 0 Å². The summed E-state index contributed by atoms with van der Waals surface area (Å²) < 4.78 is 10.8. The highest BCUT2D eigenvalue weighted by Crippen LogP contribution is 2.25. The van der Waals surface area contributed by atoms with Crippen LogP contribution in [0, 0.1) is 5.92 Å². The van der Waals surface area contributed by atoms with Gasteiger partial charge in [0.25, 0.3) is 0 Å². The Morgan fingerprint density at radius 3 is 2.68 bits per heavy atom. The summed E-state index contributed by atoms with van der Waals surface area (Å²) in [5.41, 5.74) is 1.17. The molecule has 0 aliphatic heterocycles. The van der Waals surface area contributed by atoms with Crippen LogP contribution in [0.4, 0.5) is 0 Å². The van der Waals surface area contributed by atoms with Crippen molar-refractivity contribution in [2.75, 3.05) is 26.4 Å². The van der Waals surface area contributed by atoms with Crippen LogP contribution in [-0.2, 0) is 11.3 Å². The second-order valence-corrected chi connectivity index (χ2v) is 5.24. The third-order valence-electron chi connectivity index (χ3n) is 2.57. The molecule has 1 N–H and O–H groups in total. The third-order valence-corrected chi connectivity index (χ3v) is 2.86. The molecule has 108 valence electrons. The summed E-state index contributed by atoms with van der Waals surface area (Å²) >= 11 is 6.19. The second-order valence-electron chi connectivity index (χ2n) is 4.83. The molecule has 1 rings (SSSR count). The lowest BCUT2D eigenvalue weighted by Crippen LogP contribution is -2.18. The van der Waals surface area contributed by atoms with Gasteiger partial charge in [-0.3, -0.25) is 0 Å². The van der Waals surface area contributed by atoms with Crippen LogP contribution in [0.3, 0.4) is 0 Å². The Labute approximate surface area is 121 Å². The van der Waals surface area contributed by atoms with Crippen molar-refractivity contribution in [3.8, 4) is 5.75 Å². The molecule has 0 aliphatic carbocycles. The molecule has 0 atom stereocenters. The fraction of sp³-hybridized carbons (Fsp3) is 0.600. The highest BCUT2D eigenvalue weighted by atomic mass is 35.5. The van der Waals surface area contributed by atoms with Gasteiger partial charge in [0, 0.05) is 13.2 Å². The van der Waals surface area contributed by atoms with Crippen molar-refractivity contribution < 1.29 is 9.47 Å². The summed E-state index contributed by atoms with van der Waals surface area (Å²) in [5, 5.41) is 4.04. The minimum absolute atomic E-state index is 0.526. The van der Waals surface area contributed by atoms with E-state index in [0.29, 0.717) is 36.5 Å². The fourth-order valence-electron chi connectivity index (χ4n) is 1.63. The molecule has 0 fully saturated rings. The van der Waals surface area contributed by atoms with E-state index in [1.54, 1.807) is 0 Å². The van der Waals surface area contributed by atoms with Gasteiger partial charge in [-0.05, 0) is 37.1 Å². The van der Waals surface area contributed by atoms with E-state index in [-0.39, 0.29) is 0 Å². The minimum atomic E-state index is 0.526. The lowest BCUT2D eigenvalue weighted by atomic mass is 10.2. The van der Waals surface area contributed by atoms with Crippen molar-refractivity contribution in [2.45, 2.75) is 27.3 Å². The molecule has 0 spiro atoms. The van der Waals surface area contributed by atoms with Gasteiger partial charge >= 0.3 is 0 Å². The van der Waals surface area contributed by atoms with Gasteiger partial charge < -0.3 is 14.8 Å². The summed E-state index contributed by atoms with van der Waals surface area (Å²) in [5.74, 6) is 1.37. The number of ether oxygens (including phenoxy) is 2. The first kappa shape index (κ1) is 16.3. The van der Waals surface area contributed by atoms with Crippen LogP contribution in [0.15, 0.2) is 18.2 Å². The van der Waals surface area contributed by atoms with E-state index in [4.69, 9.17) is 21.1 Å². The molecule has 0 heterocycles. The van der Waals surface area contributed by atoms with Gasteiger partial charge in [0.1, 0.15) is 12.4 Å². The number of hydrogen-bond acceptors (Lipinski definition) is 3. The molecule has 0 aliphatic rings. The summed E-state index contributed by atoms with van der Waals surface area (Å²) in [6, 6.07) is 5.90. The van der Waals surface area contributed by atoms with Crippen LogP contribution < -0.4 is 10.1 Å². The second kappa shape index (κ2) is 9.18. The molecule has 3 nitrogen and oxygen atoms in total. The third kappa shape index (κ3) is 6.81. The maximum Gasteiger partial charge on any atom is 0.138 e. The Morgan fingerprint density at radius 1 is 1.26 bits per heavy atom. The van der Waals surface area contributed by atoms with Crippen LogP contribution in [0.2, 0.25) is 5.02 Å². The van der Waals surface area contributed by atoms with Gasteiger partial charge in [-0.2, -0.15) is 0 Å². The predicted molar refractivity (Wildman–Crippen MR) is 80.0 cm³/mol. The molecule has 0 saturated heterocycles. The average Bonchev–Trinajstić information content (AvgIpc) is 2.36. The standard InChI is InChI=1S/C15H24ClNO2/c1-4-18-7-8-19-15-6-5-13(9-14(15)16)11-17-10-12(2)3/h5-6,9,12,17H,4,7-8,10-11H2,1-3H3. The molecular weight excluding hydrogens is 262 g/mol. The van der Waals surface area contributed by atoms with Gasteiger partial charge in [-0.1, -0.05) is 31.5 Å². The lowest BCUT2D eigenvalue weighted by molar-refractivity contribution is 0.110. The molecule has 0 saturated carbocycles. The number of benzene rings is 1. The van der Waals surface area contributed by atoms with Crippen LogP contribution in [-0.4, -0.2) is 26.4 Å². The monoisotopic (exact) mass is 285 g/mol. The van der Waals surface area contributed by atoms with Crippen molar-refractivity contribution in [3.63, 3.8) is 0 Å². The van der Waals surface area contributed by atoms with E-state index in [1.165, 1.54) is 5.56 Å². The molecule has 1 aromatic rings. The molecule has 0 amide bonds. The zero-order chi connectivity index (χ0) is 14.1. The Morgan fingerprint density at radius 2 is 2.05 bits per heavy atom. The summed E-state index contributed by atoms with van der Waals surface area (Å²) in [6.45, 7) is 10.00. The maximum absolute atomic E-state index is 6.19. The van der Waals surface area contributed by atoms with Gasteiger partial charge in [0.2, 0.25) is 0 Å². The zero-order valence-corrected chi connectivity index (χ0v) is 12.8. The molecule has 0 aromatic heterocycles. The van der Waals surface area contributed by atoms with Crippen LogP contribution >= 0.6 is 11.6 Å². The van der Waals surface area contributed by atoms with Crippen molar-refractivity contribution in [1.82, 2.24) is 5.32 Å². The summed E-state index contributed by atoms with van der Waals surface area (Å²) in [4.78, 5) is 0. The van der Waals surface area contributed by atoms with Crippen LogP contribution in [0.5, 0.6) is 5.75 Å². The average molecular weight is 286 g/mol. The van der Waals surface area contributed by atoms with E-state index in [9.17, 15) is 0 Å². The predicted octanol–water partition coefficient (Wildman–Crippen LogP) is 3.50. The zero-order valence-electron chi connectivity index (χ0n) is 12.0. The van der Waals surface area contributed by atoms with E-state index in [2.05, 4.69) is 19.2 Å². The lowest BCUT2D eigenvalue weighted by Gasteiger charge is -2.11. The highest BCUT2D eigenvalue weighted by Gasteiger charge is 2.03. The van der Waals surface area contributed by atoms with E-state index in [1.807, 2.05) is 25.1 Å². The molecule has 4 heteroatoms. The number of halogens is 1. The molecule has 0 radical (unpaired) electrons. The Balaban J connectivity index is 2.40. The molecule has 19 heavy (non-hydrogen) atoms. The minimum Gasteiger partial charge on any atom is -0.490 e. The quantitative estimate of drug-likeness (QED) is 0.705. The Kier molecular flexibility index (Phi) is 7.87. The van der Waals surface area contributed by atoms with Gasteiger partial charge in [0.05, 0.1) is 11.6 Å². The first-order valence-corrected chi connectivity index (χ1v) is 7.21. The van der Waals surface area contributed by atoms with Crippen molar-refractivity contribution in [3.05, 3.63) is 28.8 Å².